The molecule has 0 saturated heterocycles. The van der Waals surface area contributed by atoms with Crippen LogP contribution < -0.4 is 5.32 Å². The Labute approximate surface area is 127 Å². The van der Waals surface area contributed by atoms with Crippen molar-refractivity contribution >= 4 is 0 Å². The van der Waals surface area contributed by atoms with E-state index in [2.05, 4.69) is 19.2 Å². The summed E-state index contributed by atoms with van der Waals surface area (Å²) in [7, 11) is 1.95. The van der Waals surface area contributed by atoms with Gasteiger partial charge in [0.1, 0.15) is 11.6 Å². The third-order valence-electron chi connectivity index (χ3n) is 4.93. The van der Waals surface area contributed by atoms with Gasteiger partial charge < -0.3 is 5.32 Å². The molecule has 21 heavy (non-hydrogen) atoms. The average Bonchev–Trinajstić information content (AvgIpc) is 2.88. The van der Waals surface area contributed by atoms with Crippen LogP contribution in [0.3, 0.4) is 0 Å². The predicted molar refractivity (Wildman–Crippen MR) is 83.3 cm³/mol. The van der Waals surface area contributed by atoms with E-state index in [1.165, 1.54) is 43.9 Å². The van der Waals surface area contributed by atoms with Crippen LogP contribution >= 0.6 is 0 Å². The van der Waals surface area contributed by atoms with Crippen LogP contribution in [0.1, 0.15) is 51.5 Å². The number of likely N-dealkylation sites (N-methyl/N-ethyl adjacent to an activating group) is 1. The van der Waals surface area contributed by atoms with Gasteiger partial charge in [-0.05, 0) is 67.8 Å². The molecular formula is C18H27F2N. The summed E-state index contributed by atoms with van der Waals surface area (Å²) in [6.07, 6.45) is 6.58. The second-order valence-electron chi connectivity index (χ2n) is 6.95. The minimum atomic E-state index is -0.356. The van der Waals surface area contributed by atoms with Gasteiger partial charge >= 0.3 is 0 Å². The van der Waals surface area contributed by atoms with Gasteiger partial charge in [-0.3, -0.25) is 0 Å². The predicted octanol–water partition coefficient (Wildman–Crippen LogP) is 4.70. The van der Waals surface area contributed by atoms with Crippen molar-refractivity contribution in [3.63, 3.8) is 0 Å². The molecule has 1 nitrogen and oxygen atoms in total. The van der Waals surface area contributed by atoms with Crippen molar-refractivity contribution < 1.29 is 8.78 Å². The second kappa shape index (κ2) is 6.87. The lowest BCUT2D eigenvalue weighted by Crippen LogP contribution is -2.44. The smallest absolute Gasteiger partial charge is 0.126 e. The van der Waals surface area contributed by atoms with Crippen molar-refractivity contribution in [2.75, 3.05) is 7.05 Å². The standard InChI is InChI=1S/C18H27F2N/c1-13(2)12-18(8-4-5-9-18)17(21-3)11-14-10-15(19)6-7-16(14)20/h6-7,10,13,17,21H,4-5,8-9,11-12H2,1-3H3. The Bertz CT molecular complexity index is 464. The largest absolute Gasteiger partial charge is 0.316 e. The van der Waals surface area contributed by atoms with Gasteiger partial charge in [0.05, 0.1) is 0 Å². The molecule has 2 rings (SSSR count). The quantitative estimate of drug-likeness (QED) is 0.802. The summed E-state index contributed by atoms with van der Waals surface area (Å²) in [5.74, 6) is -0.0313. The molecule has 0 aliphatic heterocycles. The van der Waals surface area contributed by atoms with Gasteiger partial charge in [0.2, 0.25) is 0 Å². The number of nitrogens with one attached hydrogen (secondary N) is 1. The molecule has 0 amide bonds. The van der Waals surface area contributed by atoms with E-state index in [9.17, 15) is 8.78 Å². The Morgan fingerprint density at radius 2 is 1.86 bits per heavy atom. The molecule has 1 aliphatic rings. The van der Waals surface area contributed by atoms with Crippen molar-refractivity contribution in [1.29, 1.82) is 0 Å². The van der Waals surface area contributed by atoms with Crippen LogP contribution in [-0.2, 0) is 6.42 Å². The fraction of sp³-hybridized carbons (Fsp3) is 0.667. The Morgan fingerprint density at radius 1 is 1.19 bits per heavy atom. The first kappa shape index (κ1) is 16.4. The molecule has 1 aromatic carbocycles. The van der Waals surface area contributed by atoms with E-state index in [1.54, 1.807) is 0 Å². The molecule has 0 bridgehead atoms. The molecule has 0 heterocycles. The van der Waals surface area contributed by atoms with E-state index in [1.807, 2.05) is 7.05 Å². The zero-order chi connectivity index (χ0) is 15.5. The van der Waals surface area contributed by atoms with Gasteiger partial charge in [-0.15, -0.1) is 0 Å². The second-order valence-corrected chi connectivity index (χ2v) is 6.95. The Balaban J connectivity index is 2.22. The zero-order valence-corrected chi connectivity index (χ0v) is 13.4. The maximum Gasteiger partial charge on any atom is 0.126 e. The molecule has 0 spiro atoms. The highest BCUT2D eigenvalue weighted by Gasteiger charge is 2.41. The highest BCUT2D eigenvalue weighted by Crippen LogP contribution is 2.46. The molecule has 1 aromatic rings. The Kier molecular flexibility index (Phi) is 5.37. The summed E-state index contributed by atoms with van der Waals surface area (Å²) in [5.41, 5.74) is 0.714. The van der Waals surface area contributed by atoms with E-state index >= 15 is 0 Å². The molecule has 1 saturated carbocycles. The zero-order valence-electron chi connectivity index (χ0n) is 13.4. The SMILES string of the molecule is CNC(Cc1cc(F)ccc1F)C1(CC(C)C)CCCC1. The van der Waals surface area contributed by atoms with Crippen LogP contribution in [0.2, 0.25) is 0 Å². The number of benzene rings is 1. The molecule has 1 N–H and O–H groups in total. The third-order valence-corrected chi connectivity index (χ3v) is 4.93. The van der Waals surface area contributed by atoms with Crippen molar-refractivity contribution in [2.45, 2.75) is 58.4 Å². The average molecular weight is 295 g/mol. The van der Waals surface area contributed by atoms with Gasteiger partial charge in [-0.1, -0.05) is 26.7 Å². The number of halogens is 2. The van der Waals surface area contributed by atoms with E-state index in [-0.39, 0.29) is 23.1 Å². The lowest BCUT2D eigenvalue weighted by molar-refractivity contribution is 0.159. The van der Waals surface area contributed by atoms with Crippen LogP contribution in [0, 0.1) is 23.0 Å². The normalized spacial score (nSPS) is 19.1. The van der Waals surface area contributed by atoms with Crippen LogP contribution in [0.15, 0.2) is 18.2 Å². The molecule has 1 fully saturated rings. The first-order valence-electron chi connectivity index (χ1n) is 8.08. The molecule has 118 valence electrons. The van der Waals surface area contributed by atoms with Crippen molar-refractivity contribution in [3.8, 4) is 0 Å². The minimum absolute atomic E-state index is 0.207. The summed E-state index contributed by atoms with van der Waals surface area (Å²) in [5, 5.41) is 3.40. The fourth-order valence-electron chi connectivity index (χ4n) is 4.13. The van der Waals surface area contributed by atoms with E-state index in [0.29, 0.717) is 17.9 Å². The molecule has 1 aliphatic carbocycles. The van der Waals surface area contributed by atoms with E-state index in [0.717, 1.165) is 6.42 Å². The summed E-state index contributed by atoms with van der Waals surface area (Å²) in [4.78, 5) is 0. The molecule has 1 atom stereocenters. The van der Waals surface area contributed by atoms with Crippen LogP contribution in [0.5, 0.6) is 0 Å². The van der Waals surface area contributed by atoms with Gasteiger partial charge in [0.25, 0.3) is 0 Å². The van der Waals surface area contributed by atoms with Gasteiger partial charge in [0, 0.05) is 6.04 Å². The van der Waals surface area contributed by atoms with Gasteiger partial charge in [-0.25, -0.2) is 8.78 Å². The number of rotatable bonds is 6. The monoisotopic (exact) mass is 295 g/mol. The van der Waals surface area contributed by atoms with Crippen LogP contribution in [0.25, 0.3) is 0 Å². The summed E-state index contributed by atoms with van der Waals surface area (Å²) < 4.78 is 27.3. The van der Waals surface area contributed by atoms with Crippen molar-refractivity contribution in [3.05, 3.63) is 35.4 Å². The first-order valence-corrected chi connectivity index (χ1v) is 8.08. The van der Waals surface area contributed by atoms with Gasteiger partial charge in [0.15, 0.2) is 0 Å². The lowest BCUT2D eigenvalue weighted by atomic mass is 9.71. The maximum atomic E-state index is 13.9. The Morgan fingerprint density at radius 3 is 2.43 bits per heavy atom. The summed E-state index contributed by atoms with van der Waals surface area (Å²) in [6.45, 7) is 4.49. The first-order chi connectivity index (χ1) is 9.97. The number of hydrogen-bond acceptors (Lipinski definition) is 1. The third kappa shape index (κ3) is 3.82. The summed E-state index contributed by atoms with van der Waals surface area (Å²) in [6, 6.07) is 3.98. The maximum absolute atomic E-state index is 13.9. The van der Waals surface area contributed by atoms with Crippen molar-refractivity contribution in [2.24, 2.45) is 11.3 Å². The van der Waals surface area contributed by atoms with Crippen molar-refractivity contribution in [1.82, 2.24) is 5.32 Å². The fourth-order valence-corrected chi connectivity index (χ4v) is 4.13. The highest BCUT2D eigenvalue weighted by molar-refractivity contribution is 5.20. The van der Waals surface area contributed by atoms with Crippen LogP contribution in [0.4, 0.5) is 8.78 Å². The highest BCUT2D eigenvalue weighted by atomic mass is 19.1. The topological polar surface area (TPSA) is 12.0 Å². The molecule has 3 heteroatoms. The lowest BCUT2D eigenvalue weighted by Gasteiger charge is -2.39. The molecule has 0 radical (unpaired) electrons. The molecular weight excluding hydrogens is 268 g/mol. The minimum Gasteiger partial charge on any atom is -0.316 e. The Hall–Kier alpha value is -0.960. The van der Waals surface area contributed by atoms with Crippen LogP contribution in [-0.4, -0.2) is 13.1 Å². The molecule has 0 aromatic heterocycles. The molecule has 1 unspecified atom stereocenters. The summed E-state index contributed by atoms with van der Waals surface area (Å²) >= 11 is 0. The van der Waals surface area contributed by atoms with Gasteiger partial charge in [-0.2, -0.15) is 0 Å². The van der Waals surface area contributed by atoms with E-state index < -0.39 is 0 Å². The van der Waals surface area contributed by atoms with E-state index in [4.69, 9.17) is 0 Å². The number of hydrogen-bond donors (Lipinski definition) is 1.